The Kier molecular flexibility index (Phi) is 5.45. The molecule has 0 aliphatic heterocycles. The first kappa shape index (κ1) is 14.0. The van der Waals surface area contributed by atoms with Crippen LogP contribution in [0.4, 0.5) is 5.69 Å². The van der Waals surface area contributed by atoms with E-state index >= 15 is 0 Å². The zero-order chi connectivity index (χ0) is 11.4. The van der Waals surface area contributed by atoms with Gasteiger partial charge in [-0.05, 0) is 42.8 Å². The third kappa shape index (κ3) is 4.02. The molecular formula is C13H14BrClN2. The SMILES string of the molecule is Cc1cc(NCc2ccccn2)ccc1Br.Cl. The highest BCUT2D eigenvalue weighted by atomic mass is 79.9. The summed E-state index contributed by atoms with van der Waals surface area (Å²) in [5.74, 6) is 0. The van der Waals surface area contributed by atoms with Gasteiger partial charge in [-0.25, -0.2) is 0 Å². The Morgan fingerprint density at radius 2 is 2.06 bits per heavy atom. The third-order valence-corrected chi connectivity index (χ3v) is 3.25. The molecule has 0 amide bonds. The topological polar surface area (TPSA) is 24.9 Å². The van der Waals surface area contributed by atoms with Crippen molar-refractivity contribution in [1.82, 2.24) is 4.98 Å². The highest BCUT2D eigenvalue weighted by Gasteiger charge is 1.97. The zero-order valence-corrected chi connectivity index (χ0v) is 11.9. The van der Waals surface area contributed by atoms with Crippen molar-refractivity contribution in [3.05, 3.63) is 58.3 Å². The first-order chi connectivity index (χ1) is 7.75. The predicted octanol–water partition coefficient (Wildman–Crippen LogP) is 4.19. The van der Waals surface area contributed by atoms with Gasteiger partial charge in [-0.1, -0.05) is 22.0 Å². The average Bonchev–Trinajstić information content (AvgIpc) is 2.32. The Morgan fingerprint density at radius 1 is 1.24 bits per heavy atom. The number of pyridine rings is 1. The highest BCUT2D eigenvalue weighted by molar-refractivity contribution is 9.10. The van der Waals surface area contributed by atoms with Crippen molar-refractivity contribution in [2.75, 3.05) is 5.32 Å². The summed E-state index contributed by atoms with van der Waals surface area (Å²) in [6.45, 7) is 2.83. The first-order valence-electron chi connectivity index (χ1n) is 5.15. The number of rotatable bonds is 3. The average molecular weight is 314 g/mol. The minimum Gasteiger partial charge on any atom is -0.379 e. The summed E-state index contributed by atoms with van der Waals surface area (Å²) in [4.78, 5) is 4.26. The summed E-state index contributed by atoms with van der Waals surface area (Å²) in [6, 6.07) is 12.2. The number of benzene rings is 1. The molecule has 17 heavy (non-hydrogen) atoms. The van der Waals surface area contributed by atoms with Crippen LogP contribution in [0.1, 0.15) is 11.3 Å². The van der Waals surface area contributed by atoms with Gasteiger partial charge in [0.1, 0.15) is 0 Å². The largest absolute Gasteiger partial charge is 0.379 e. The van der Waals surface area contributed by atoms with Crippen LogP contribution in [0.3, 0.4) is 0 Å². The molecule has 2 aromatic rings. The maximum atomic E-state index is 4.26. The molecule has 90 valence electrons. The van der Waals surface area contributed by atoms with Gasteiger partial charge in [-0.2, -0.15) is 0 Å². The maximum absolute atomic E-state index is 4.26. The van der Waals surface area contributed by atoms with Gasteiger partial charge in [-0.3, -0.25) is 4.98 Å². The number of nitrogens with one attached hydrogen (secondary N) is 1. The van der Waals surface area contributed by atoms with E-state index in [4.69, 9.17) is 0 Å². The van der Waals surface area contributed by atoms with E-state index in [1.165, 1.54) is 5.56 Å². The summed E-state index contributed by atoms with van der Waals surface area (Å²) >= 11 is 3.49. The zero-order valence-electron chi connectivity index (χ0n) is 9.48. The van der Waals surface area contributed by atoms with E-state index in [9.17, 15) is 0 Å². The Balaban J connectivity index is 0.00000144. The Bertz CT molecular complexity index is 474. The van der Waals surface area contributed by atoms with Gasteiger partial charge >= 0.3 is 0 Å². The molecule has 0 saturated heterocycles. The van der Waals surface area contributed by atoms with Gasteiger partial charge in [-0.15, -0.1) is 12.4 Å². The normalized spacial score (nSPS) is 9.53. The Labute approximate surface area is 116 Å². The monoisotopic (exact) mass is 312 g/mol. The van der Waals surface area contributed by atoms with Crippen molar-refractivity contribution in [3.8, 4) is 0 Å². The molecular weight excluding hydrogens is 300 g/mol. The van der Waals surface area contributed by atoms with Crippen molar-refractivity contribution in [2.45, 2.75) is 13.5 Å². The second-order valence-electron chi connectivity index (χ2n) is 3.64. The number of nitrogens with zero attached hydrogens (tertiary/aromatic N) is 1. The molecule has 1 N–H and O–H groups in total. The molecule has 0 aliphatic carbocycles. The van der Waals surface area contributed by atoms with Crippen molar-refractivity contribution >= 4 is 34.0 Å². The molecule has 0 bridgehead atoms. The van der Waals surface area contributed by atoms with Gasteiger partial charge < -0.3 is 5.32 Å². The van der Waals surface area contributed by atoms with Crippen molar-refractivity contribution in [2.24, 2.45) is 0 Å². The summed E-state index contributed by atoms with van der Waals surface area (Å²) in [5, 5.41) is 3.35. The van der Waals surface area contributed by atoms with Crippen molar-refractivity contribution in [3.63, 3.8) is 0 Å². The standard InChI is InChI=1S/C13H13BrN2.ClH/c1-10-8-11(5-6-13(10)14)16-9-12-4-2-3-7-15-12;/h2-8,16H,9H2,1H3;1H. The minimum atomic E-state index is 0. The van der Waals surface area contributed by atoms with E-state index in [1.807, 2.05) is 24.4 Å². The summed E-state index contributed by atoms with van der Waals surface area (Å²) in [6.07, 6.45) is 1.81. The second kappa shape index (κ2) is 6.62. The Hall–Kier alpha value is -1.06. The van der Waals surface area contributed by atoms with E-state index in [0.717, 1.165) is 22.4 Å². The van der Waals surface area contributed by atoms with E-state index in [2.05, 4.69) is 51.4 Å². The number of aryl methyl sites for hydroxylation is 1. The van der Waals surface area contributed by atoms with Crippen molar-refractivity contribution < 1.29 is 0 Å². The van der Waals surface area contributed by atoms with Crippen molar-refractivity contribution in [1.29, 1.82) is 0 Å². The molecule has 4 heteroatoms. The predicted molar refractivity (Wildman–Crippen MR) is 77.7 cm³/mol. The fraction of sp³-hybridized carbons (Fsp3) is 0.154. The van der Waals surface area contributed by atoms with Crippen LogP contribution < -0.4 is 5.32 Å². The van der Waals surface area contributed by atoms with Crippen LogP contribution in [0.25, 0.3) is 0 Å². The van der Waals surface area contributed by atoms with Crippen LogP contribution in [0, 0.1) is 6.92 Å². The van der Waals surface area contributed by atoms with Crippen LogP contribution >= 0.6 is 28.3 Å². The number of aromatic nitrogens is 1. The molecule has 0 fully saturated rings. The summed E-state index contributed by atoms with van der Waals surface area (Å²) in [7, 11) is 0. The minimum absolute atomic E-state index is 0. The van der Waals surface area contributed by atoms with E-state index in [-0.39, 0.29) is 12.4 Å². The highest BCUT2D eigenvalue weighted by Crippen LogP contribution is 2.20. The molecule has 0 radical (unpaired) electrons. The molecule has 0 saturated carbocycles. The molecule has 0 aliphatic rings. The van der Waals surface area contributed by atoms with Gasteiger partial charge in [0.05, 0.1) is 12.2 Å². The van der Waals surface area contributed by atoms with Gasteiger partial charge in [0.2, 0.25) is 0 Å². The van der Waals surface area contributed by atoms with Gasteiger partial charge in [0, 0.05) is 16.4 Å². The summed E-state index contributed by atoms with van der Waals surface area (Å²) < 4.78 is 1.14. The number of hydrogen-bond donors (Lipinski definition) is 1. The molecule has 0 unspecified atom stereocenters. The van der Waals surface area contributed by atoms with Crippen LogP contribution in [0.15, 0.2) is 47.1 Å². The number of halogens is 2. The lowest BCUT2D eigenvalue weighted by molar-refractivity contribution is 1.04. The second-order valence-corrected chi connectivity index (χ2v) is 4.49. The van der Waals surface area contributed by atoms with E-state index in [1.54, 1.807) is 0 Å². The molecule has 2 rings (SSSR count). The lowest BCUT2D eigenvalue weighted by Crippen LogP contribution is -2.01. The molecule has 0 spiro atoms. The smallest absolute Gasteiger partial charge is 0.0594 e. The van der Waals surface area contributed by atoms with Crippen LogP contribution in [0.2, 0.25) is 0 Å². The number of anilines is 1. The van der Waals surface area contributed by atoms with E-state index in [0.29, 0.717) is 0 Å². The maximum Gasteiger partial charge on any atom is 0.0594 e. The van der Waals surface area contributed by atoms with Gasteiger partial charge in [0.15, 0.2) is 0 Å². The molecule has 0 atom stereocenters. The third-order valence-electron chi connectivity index (χ3n) is 2.36. The lowest BCUT2D eigenvalue weighted by Gasteiger charge is -2.07. The van der Waals surface area contributed by atoms with E-state index < -0.39 is 0 Å². The molecule has 1 heterocycles. The molecule has 1 aromatic carbocycles. The Morgan fingerprint density at radius 3 is 2.71 bits per heavy atom. The summed E-state index contributed by atoms with van der Waals surface area (Å²) in [5.41, 5.74) is 3.39. The lowest BCUT2D eigenvalue weighted by atomic mass is 10.2. The molecule has 1 aromatic heterocycles. The fourth-order valence-corrected chi connectivity index (χ4v) is 1.70. The fourth-order valence-electron chi connectivity index (χ4n) is 1.45. The quantitative estimate of drug-likeness (QED) is 0.919. The van der Waals surface area contributed by atoms with Gasteiger partial charge in [0.25, 0.3) is 0 Å². The first-order valence-corrected chi connectivity index (χ1v) is 5.95. The van der Waals surface area contributed by atoms with Crippen LogP contribution in [-0.2, 0) is 6.54 Å². The van der Waals surface area contributed by atoms with Crippen LogP contribution in [-0.4, -0.2) is 4.98 Å². The molecule has 2 nitrogen and oxygen atoms in total. The number of hydrogen-bond acceptors (Lipinski definition) is 2. The van der Waals surface area contributed by atoms with Crippen LogP contribution in [0.5, 0.6) is 0 Å².